The van der Waals surface area contributed by atoms with Crippen LogP contribution in [0.25, 0.3) is 0 Å². The fraction of sp³-hybridized carbons (Fsp3) is 0.263. The van der Waals surface area contributed by atoms with Crippen LogP contribution < -0.4 is 10.6 Å². The lowest BCUT2D eigenvalue weighted by Gasteiger charge is -2.20. The van der Waals surface area contributed by atoms with Crippen LogP contribution in [0.5, 0.6) is 5.75 Å². The van der Waals surface area contributed by atoms with E-state index in [2.05, 4.69) is 15.4 Å². The number of benzene rings is 2. The topological polar surface area (TPSA) is 174 Å². The Kier molecular flexibility index (Phi) is 7.61. The van der Waals surface area contributed by atoms with Gasteiger partial charge in [-0.25, -0.2) is 4.79 Å². The van der Waals surface area contributed by atoms with E-state index in [1.807, 2.05) is 0 Å². The number of phenols is 1. The minimum atomic E-state index is -1.32. The number of nitrogens with zero attached hydrogens (tertiary/aromatic N) is 2. The molecule has 2 aromatic carbocycles. The van der Waals surface area contributed by atoms with Crippen molar-refractivity contribution in [3.05, 3.63) is 68.0 Å². The van der Waals surface area contributed by atoms with Gasteiger partial charge in [-0.15, -0.1) is 0 Å². The van der Waals surface area contributed by atoms with E-state index in [0.717, 1.165) is 7.11 Å². The molecule has 0 radical (unpaired) electrons. The van der Waals surface area contributed by atoms with Gasteiger partial charge in [-0.1, -0.05) is 12.1 Å². The number of hydrogen-bond acceptors (Lipinski definition) is 9. The standard InChI is InChI=1S/C19H19FN4O8/c1-10(21-14-8-13(20)16(23(28)29)9-17(14)24(30)31)18(26)22-15(19(27)32-2)7-11-3-5-12(25)6-4-11/h3-6,8-10,15,21,25H,7H2,1-2H3,(H,22,26)/t10-,15-/m0/s1. The zero-order valence-electron chi connectivity index (χ0n) is 16.9. The number of esters is 1. The minimum Gasteiger partial charge on any atom is -0.508 e. The SMILES string of the molecule is COC(=O)[C@H](Cc1ccc(O)cc1)NC(=O)[C@H](C)Nc1cc(F)c([N+](=O)[O-])cc1[N+](=O)[O-]. The van der Waals surface area contributed by atoms with Gasteiger partial charge in [0.2, 0.25) is 11.7 Å². The lowest BCUT2D eigenvalue weighted by molar-refractivity contribution is -0.395. The molecule has 2 rings (SSSR count). The van der Waals surface area contributed by atoms with Gasteiger partial charge in [-0.3, -0.25) is 25.0 Å². The first-order valence-electron chi connectivity index (χ1n) is 9.08. The number of rotatable bonds is 9. The zero-order chi connectivity index (χ0) is 24.0. The van der Waals surface area contributed by atoms with Crippen LogP contribution in [0.15, 0.2) is 36.4 Å². The number of anilines is 1. The molecule has 0 aliphatic rings. The van der Waals surface area contributed by atoms with Crippen molar-refractivity contribution in [1.29, 1.82) is 0 Å². The zero-order valence-corrected chi connectivity index (χ0v) is 16.9. The second kappa shape index (κ2) is 10.1. The first kappa shape index (κ1) is 24.0. The fourth-order valence-corrected chi connectivity index (χ4v) is 2.76. The Hall–Kier alpha value is -4.29. The molecular weight excluding hydrogens is 431 g/mol. The number of carbonyl (C=O) groups is 2. The van der Waals surface area contributed by atoms with E-state index in [9.17, 15) is 39.3 Å². The van der Waals surface area contributed by atoms with Gasteiger partial charge in [0.25, 0.3) is 5.69 Å². The number of nitrogens with one attached hydrogen (secondary N) is 2. The first-order chi connectivity index (χ1) is 15.0. The second-order valence-electron chi connectivity index (χ2n) is 6.66. The minimum absolute atomic E-state index is 0.0159. The van der Waals surface area contributed by atoms with Crippen LogP contribution in [0, 0.1) is 26.0 Å². The Morgan fingerprint density at radius 1 is 1.12 bits per heavy atom. The molecule has 12 nitrogen and oxygen atoms in total. The summed E-state index contributed by atoms with van der Waals surface area (Å²) in [6.45, 7) is 1.30. The van der Waals surface area contributed by atoms with Crippen molar-refractivity contribution in [2.45, 2.75) is 25.4 Å². The maximum absolute atomic E-state index is 13.9. The summed E-state index contributed by atoms with van der Waals surface area (Å²) in [5, 5.41) is 36.3. The van der Waals surface area contributed by atoms with Crippen LogP contribution >= 0.6 is 0 Å². The third-order valence-corrected chi connectivity index (χ3v) is 4.40. The summed E-state index contributed by atoms with van der Waals surface area (Å²) < 4.78 is 18.6. The van der Waals surface area contributed by atoms with E-state index >= 15 is 0 Å². The molecule has 0 saturated heterocycles. The number of carbonyl (C=O) groups excluding carboxylic acids is 2. The van der Waals surface area contributed by atoms with Crippen molar-refractivity contribution < 1.29 is 33.7 Å². The van der Waals surface area contributed by atoms with Crippen molar-refractivity contribution in [3.8, 4) is 5.75 Å². The van der Waals surface area contributed by atoms with Gasteiger partial charge in [0.05, 0.1) is 23.0 Å². The molecule has 2 aromatic rings. The molecule has 0 fully saturated rings. The number of aromatic hydroxyl groups is 1. The highest BCUT2D eigenvalue weighted by Gasteiger charge is 2.28. The summed E-state index contributed by atoms with van der Waals surface area (Å²) in [6.07, 6.45) is 0.0255. The van der Waals surface area contributed by atoms with Gasteiger partial charge in [0.15, 0.2) is 0 Å². The van der Waals surface area contributed by atoms with Crippen molar-refractivity contribution in [3.63, 3.8) is 0 Å². The van der Waals surface area contributed by atoms with Crippen LogP contribution in [-0.4, -0.2) is 46.0 Å². The Morgan fingerprint density at radius 2 is 1.72 bits per heavy atom. The Morgan fingerprint density at radius 3 is 2.25 bits per heavy atom. The number of ether oxygens (including phenoxy) is 1. The summed E-state index contributed by atoms with van der Waals surface area (Å²) in [4.78, 5) is 44.6. The third kappa shape index (κ3) is 5.87. The maximum atomic E-state index is 13.9. The third-order valence-electron chi connectivity index (χ3n) is 4.40. The monoisotopic (exact) mass is 450 g/mol. The molecule has 0 heterocycles. The molecule has 3 N–H and O–H groups in total. The molecule has 0 aromatic heterocycles. The van der Waals surface area contributed by atoms with Crippen molar-refractivity contribution in [2.75, 3.05) is 12.4 Å². The first-order valence-corrected chi connectivity index (χ1v) is 9.08. The predicted octanol–water partition coefficient (Wildman–Crippen LogP) is 2.05. The maximum Gasteiger partial charge on any atom is 0.328 e. The highest BCUT2D eigenvalue weighted by Crippen LogP contribution is 2.32. The number of nitro groups is 2. The van der Waals surface area contributed by atoms with E-state index in [4.69, 9.17) is 0 Å². The number of nitro benzene ring substituents is 2. The van der Waals surface area contributed by atoms with Gasteiger partial charge in [0.1, 0.15) is 23.5 Å². The lowest BCUT2D eigenvalue weighted by atomic mass is 10.1. The molecule has 0 bridgehead atoms. The summed E-state index contributed by atoms with van der Waals surface area (Å²) >= 11 is 0. The number of methoxy groups -OCH3 is 1. The quantitative estimate of drug-likeness (QED) is 0.293. The van der Waals surface area contributed by atoms with Gasteiger partial charge in [0, 0.05) is 12.5 Å². The van der Waals surface area contributed by atoms with Gasteiger partial charge < -0.3 is 20.5 Å². The molecule has 1 amide bonds. The highest BCUT2D eigenvalue weighted by atomic mass is 19.1. The molecule has 0 saturated carbocycles. The van der Waals surface area contributed by atoms with Crippen LogP contribution in [0.2, 0.25) is 0 Å². The van der Waals surface area contributed by atoms with E-state index < -0.39 is 56.7 Å². The molecule has 2 atom stereocenters. The lowest BCUT2D eigenvalue weighted by Crippen LogP contribution is -2.48. The summed E-state index contributed by atoms with van der Waals surface area (Å²) in [5.41, 5.74) is -1.73. The number of hydrogen-bond donors (Lipinski definition) is 3. The molecule has 170 valence electrons. The second-order valence-corrected chi connectivity index (χ2v) is 6.66. The van der Waals surface area contributed by atoms with Crippen LogP contribution in [0.1, 0.15) is 12.5 Å². The smallest absolute Gasteiger partial charge is 0.328 e. The average Bonchev–Trinajstić information content (AvgIpc) is 2.73. The molecule has 0 aliphatic carbocycles. The summed E-state index contributed by atoms with van der Waals surface area (Å²) in [6, 6.07) is 4.57. The van der Waals surface area contributed by atoms with E-state index in [-0.39, 0.29) is 12.2 Å². The highest BCUT2D eigenvalue weighted by molar-refractivity contribution is 5.89. The van der Waals surface area contributed by atoms with E-state index in [1.54, 1.807) is 12.1 Å². The average molecular weight is 450 g/mol. The Labute approximate surface area is 180 Å². The van der Waals surface area contributed by atoms with Crippen LogP contribution in [0.3, 0.4) is 0 Å². The van der Waals surface area contributed by atoms with Gasteiger partial charge in [-0.05, 0) is 24.6 Å². The van der Waals surface area contributed by atoms with Crippen molar-refractivity contribution >= 4 is 28.9 Å². The molecule has 0 spiro atoms. The number of halogens is 1. The fourth-order valence-electron chi connectivity index (χ4n) is 2.76. The van der Waals surface area contributed by atoms with Crippen molar-refractivity contribution in [2.24, 2.45) is 0 Å². The van der Waals surface area contributed by atoms with Gasteiger partial charge >= 0.3 is 11.7 Å². The molecule has 0 aliphatic heterocycles. The molecule has 32 heavy (non-hydrogen) atoms. The van der Waals surface area contributed by atoms with Gasteiger partial charge in [-0.2, -0.15) is 4.39 Å². The molecule has 0 unspecified atom stereocenters. The normalized spacial score (nSPS) is 12.3. The predicted molar refractivity (Wildman–Crippen MR) is 109 cm³/mol. The Bertz CT molecular complexity index is 1040. The summed E-state index contributed by atoms with van der Waals surface area (Å²) in [5.74, 6) is -2.84. The van der Waals surface area contributed by atoms with Crippen molar-refractivity contribution in [1.82, 2.24) is 5.32 Å². The summed E-state index contributed by atoms with van der Waals surface area (Å²) in [7, 11) is 1.13. The largest absolute Gasteiger partial charge is 0.508 e. The van der Waals surface area contributed by atoms with E-state index in [1.165, 1.54) is 19.1 Å². The Balaban J connectivity index is 2.20. The number of phenolic OH excluding ortho intramolecular Hbond substituents is 1. The van der Waals surface area contributed by atoms with Crippen LogP contribution in [-0.2, 0) is 20.7 Å². The molecular formula is C19H19FN4O8. The van der Waals surface area contributed by atoms with Crippen LogP contribution in [0.4, 0.5) is 21.5 Å². The number of amides is 1. The van der Waals surface area contributed by atoms with E-state index in [0.29, 0.717) is 17.7 Å². The molecule has 13 heteroatoms.